The molecule has 150 valence electrons. The number of benzene rings is 2. The van der Waals surface area contributed by atoms with Gasteiger partial charge < -0.3 is 10.1 Å². The SMILES string of the molecule is Cc1nc(Oc2ccccc2F)nc(C)c1NC(=O)c1cccc(C(F)(F)F)c1. The van der Waals surface area contributed by atoms with E-state index in [2.05, 4.69) is 15.3 Å². The van der Waals surface area contributed by atoms with E-state index < -0.39 is 23.5 Å². The number of rotatable bonds is 4. The van der Waals surface area contributed by atoms with Crippen molar-refractivity contribution >= 4 is 11.6 Å². The van der Waals surface area contributed by atoms with Crippen molar-refractivity contribution in [2.75, 3.05) is 5.32 Å². The van der Waals surface area contributed by atoms with Crippen LogP contribution in [0.3, 0.4) is 0 Å². The van der Waals surface area contributed by atoms with Crippen LogP contribution in [0.15, 0.2) is 48.5 Å². The number of para-hydroxylation sites is 1. The molecular formula is C20H15F4N3O2. The molecule has 0 bridgehead atoms. The summed E-state index contributed by atoms with van der Waals surface area (Å²) in [6, 6.07) is 9.66. The standard InChI is InChI=1S/C20H15F4N3O2/c1-11-17(27-18(28)13-6-5-7-14(10-13)20(22,23)24)12(2)26-19(25-11)29-16-9-4-3-8-15(16)21/h3-10H,1-2H3,(H,27,28). The number of aryl methyl sites for hydroxylation is 2. The van der Waals surface area contributed by atoms with Gasteiger partial charge >= 0.3 is 12.2 Å². The lowest BCUT2D eigenvalue weighted by Gasteiger charge is -2.13. The van der Waals surface area contributed by atoms with Crippen molar-refractivity contribution in [3.8, 4) is 11.8 Å². The molecule has 1 N–H and O–H groups in total. The van der Waals surface area contributed by atoms with Gasteiger partial charge in [-0.15, -0.1) is 0 Å². The number of ether oxygens (including phenoxy) is 1. The minimum absolute atomic E-state index is 0.0629. The Balaban J connectivity index is 1.83. The van der Waals surface area contributed by atoms with Crippen LogP contribution in [0.4, 0.5) is 23.2 Å². The van der Waals surface area contributed by atoms with Crippen molar-refractivity contribution in [3.63, 3.8) is 0 Å². The Morgan fingerprint density at radius 3 is 2.28 bits per heavy atom. The van der Waals surface area contributed by atoms with Gasteiger partial charge in [-0.3, -0.25) is 4.79 Å². The molecular weight excluding hydrogens is 390 g/mol. The number of alkyl halides is 3. The van der Waals surface area contributed by atoms with Gasteiger partial charge in [0.05, 0.1) is 22.6 Å². The van der Waals surface area contributed by atoms with Crippen molar-refractivity contribution in [1.82, 2.24) is 9.97 Å². The second kappa shape index (κ2) is 7.86. The summed E-state index contributed by atoms with van der Waals surface area (Å²) in [5.41, 5.74) is -0.240. The highest BCUT2D eigenvalue weighted by Crippen LogP contribution is 2.30. The van der Waals surface area contributed by atoms with Crippen LogP contribution < -0.4 is 10.1 Å². The summed E-state index contributed by atoms with van der Waals surface area (Å²) in [6.45, 7) is 3.12. The summed E-state index contributed by atoms with van der Waals surface area (Å²) in [7, 11) is 0. The first-order valence-corrected chi connectivity index (χ1v) is 8.41. The van der Waals surface area contributed by atoms with E-state index in [-0.39, 0.29) is 23.0 Å². The number of hydrogen-bond acceptors (Lipinski definition) is 4. The number of halogens is 4. The second-order valence-corrected chi connectivity index (χ2v) is 6.12. The Labute approximate surface area is 163 Å². The number of aromatic nitrogens is 2. The molecule has 0 atom stereocenters. The molecule has 0 fully saturated rings. The van der Waals surface area contributed by atoms with Crippen LogP contribution in [0.1, 0.15) is 27.3 Å². The Bertz CT molecular complexity index is 1040. The summed E-state index contributed by atoms with van der Waals surface area (Å²) < 4.78 is 57.6. The molecule has 0 radical (unpaired) electrons. The molecule has 2 aromatic carbocycles. The van der Waals surface area contributed by atoms with Crippen LogP contribution in [0.25, 0.3) is 0 Å². The fourth-order valence-corrected chi connectivity index (χ4v) is 2.56. The van der Waals surface area contributed by atoms with E-state index in [1.807, 2.05) is 0 Å². The normalized spacial score (nSPS) is 11.2. The molecule has 1 heterocycles. The van der Waals surface area contributed by atoms with E-state index in [0.29, 0.717) is 11.4 Å². The summed E-state index contributed by atoms with van der Waals surface area (Å²) >= 11 is 0. The Hall–Kier alpha value is -3.49. The number of carbonyl (C=O) groups is 1. The van der Waals surface area contributed by atoms with Gasteiger partial charge in [0.2, 0.25) is 0 Å². The zero-order chi connectivity index (χ0) is 21.2. The first-order valence-electron chi connectivity index (χ1n) is 8.41. The quantitative estimate of drug-likeness (QED) is 0.599. The highest BCUT2D eigenvalue weighted by molar-refractivity contribution is 6.04. The van der Waals surface area contributed by atoms with Gasteiger partial charge in [0.25, 0.3) is 5.91 Å². The largest absolute Gasteiger partial charge is 0.421 e. The van der Waals surface area contributed by atoms with Gasteiger partial charge in [-0.2, -0.15) is 23.1 Å². The second-order valence-electron chi connectivity index (χ2n) is 6.12. The topological polar surface area (TPSA) is 64.1 Å². The number of amides is 1. The summed E-state index contributed by atoms with van der Waals surface area (Å²) in [4.78, 5) is 20.6. The number of nitrogens with zero attached hydrogens (tertiary/aromatic N) is 2. The zero-order valence-electron chi connectivity index (χ0n) is 15.3. The maximum atomic E-state index is 13.7. The van der Waals surface area contributed by atoms with Gasteiger partial charge in [-0.25, -0.2) is 4.39 Å². The molecule has 9 heteroatoms. The molecule has 0 saturated carbocycles. The third kappa shape index (κ3) is 4.68. The average Bonchev–Trinajstić information content (AvgIpc) is 2.66. The van der Waals surface area contributed by atoms with Crippen LogP contribution in [0.2, 0.25) is 0 Å². The summed E-state index contributed by atoms with van der Waals surface area (Å²) in [5, 5.41) is 2.51. The van der Waals surface area contributed by atoms with Gasteiger partial charge in [0, 0.05) is 5.56 Å². The Kier molecular flexibility index (Phi) is 5.49. The molecule has 5 nitrogen and oxygen atoms in total. The lowest BCUT2D eigenvalue weighted by Crippen LogP contribution is -2.16. The molecule has 3 rings (SSSR count). The number of anilines is 1. The van der Waals surface area contributed by atoms with Crippen molar-refractivity contribution in [3.05, 3.63) is 76.9 Å². The predicted molar refractivity (Wildman–Crippen MR) is 97.4 cm³/mol. The van der Waals surface area contributed by atoms with Crippen LogP contribution >= 0.6 is 0 Å². The molecule has 0 saturated heterocycles. The van der Waals surface area contributed by atoms with Crippen LogP contribution in [-0.2, 0) is 6.18 Å². The van der Waals surface area contributed by atoms with Gasteiger partial charge in [-0.05, 0) is 44.2 Å². The van der Waals surface area contributed by atoms with E-state index in [0.717, 1.165) is 18.2 Å². The van der Waals surface area contributed by atoms with Crippen LogP contribution in [0.5, 0.6) is 11.8 Å². The molecule has 0 unspecified atom stereocenters. The maximum Gasteiger partial charge on any atom is 0.416 e. The first kappa shape index (κ1) is 20.2. The van der Waals surface area contributed by atoms with Crippen molar-refractivity contribution in [1.29, 1.82) is 0 Å². The van der Waals surface area contributed by atoms with Crippen molar-refractivity contribution in [2.45, 2.75) is 20.0 Å². The van der Waals surface area contributed by atoms with Gasteiger partial charge in [0.15, 0.2) is 11.6 Å². The molecule has 1 amide bonds. The van der Waals surface area contributed by atoms with E-state index in [9.17, 15) is 22.4 Å². The van der Waals surface area contributed by atoms with Crippen molar-refractivity contribution < 1.29 is 27.1 Å². The van der Waals surface area contributed by atoms with Gasteiger partial charge in [-0.1, -0.05) is 18.2 Å². The smallest absolute Gasteiger partial charge is 0.416 e. The lowest BCUT2D eigenvalue weighted by molar-refractivity contribution is -0.137. The van der Waals surface area contributed by atoms with E-state index in [1.54, 1.807) is 19.9 Å². The van der Waals surface area contributed by atoms with E-state index in [4.69, 9.17) is 4.74 Å². The molecule has 3 aromatic rings. The van der Waals surface area contributed by atoms with Crippen LogP contribution in [-0.4, -0.2) is 15.9 Å². The highest BCUT2D eigenvalue weighted by Gasteiger charge is 2.31. The molecule has 0 aliphatic carbocycles. The number of nitrogens with one attached hydrogen (secondary N) is 1. The zero-order valence-corrected chi connectivity index (χ0v) is 15.3. The van der Waals surface area contributed by atoms with Gasteiger partial charge in [0.1, 0.15) is 0 Å². The van der Waals surface area contributed by atoms with Crippen LogP contribution in [0, 0.1) is 19.7 Å². The first-order chi connectivity index (χ1) is 13.6. The lowest BCUT2D eigenvalue weighted by atomic mass is 10.1. The third-order valence-corrected chi connectivity index (χ3v) is 3.98. The fourth-order valence-electron chi connectivity index (χ4n) is 2.56. The highest BCUT2D eigenvalue weighted by atomic mass is 19.4. The Morgan fingerprint density at radius 1 is 1.00 bits per heavy atom. The molecule has 0 aliphatic rings. The van der Waals surface area contributed by atoms with Crippen molar-refractivity contribution in [2.24, 2.45) is 0 Å². The Morgan fingerprint density at radius 2 is 1.66 bits per heavy atom. The summed E-state index contributed by atoms with van der Waals surface area (Å²) in [6.07, 6.45) is -4.56. The number of hydrogen-bond donors (Lipinski definition) is 1. The molecule has 1 aromatic heterocycles. The average molecular weight is 405 g/mol. The minimum atomic E-state index is -4.56. The minimum Gasteiger partial charge on any atom is -0.421 e. The third-order valence-electron chi connectivity index (χ3n) is 3.98. The van der Waals surface area contributed by atoms with E-state index in [1.165, 1.54) is 24.3 Å². The summed E-state index contributed by atoms with van der Waals surface area (Å²) in [5.74, 6) is -1.39. The molecule has 0 aliphatic heterocycles. The molecule has 0 spiro atoms. The van der Waals surface area contributed by atoms with E-state index >= 15 is 0 Å². The number of carbonyl (C=O) groups excluding carboxylic acids is 1. The fraction of sp³-hybridized carbons (Fsp3) is 0.150. The monoisotopic (exact) mass is 405 g/mol. The predicted octanol–water partition coefficient (Wildman–Crippen LogP) is 5.30. The maximum absolute atomic E-state index is 13.7. The molecule has 29 heavy (non-hydrogen) atoms.